The van der Waals surface area contributed by atoms with Crippen molar-refractivity contribution in [2.75, 3.05) is 19.6 Å². The molecular weight excluding hydrogens is 350 g/mol. The van der Waals surface area contributed by atoms with Crippen LogP contribution in [0.2, 0.25) is 0 Å². The van der Waals surface area contributed by atoms with Crippen molar-refractivity contribution in [2.24, 2.45) is 5.92 Å². The smallest absolute Gasteiger partial charge is 0.318 e. The van der Waals surface area contributed by atoms with E-state index >= 15 is 0 Å². The highest BCUT2D eigenvalue weighted by Gasteiger charge is 2.40. The first-order valence-electron chi connectivity index (χ1n) is 9.08. The lowest BCUT2D eigenvalue weighted by Crippen LogP contribution is -3.00. The average Bonchev–Trinajstić information content (AvgIpc) is 2.67. The molecule has 3 fully saturated rings. The van der Waals surface area contributed by atoms with E-state index in [-0.39, 0.29) is 24.5 Å². The van der Waals surface area contributed by atoms with Gasteiger partial charge in [0.05, 0.1) is 0 Å². The molecule has 1 atom stereocenters. The van der Waals surface area contributed by atoms with Crippen molar-refractivity contribution in [3.8, 4) is 11.5 Å². The Balaban J connectivity index is 0.00000168. The molecule has 0 aromatic heterocycles. The molecule has 2 aromatic rings. The number of halogens is 1. The molecule has 0 spiro atoms. The standard InChI is InChI=1S/C21H21NO3.ClH/c23-21(25-19-13-22-11-9-14(19)10-12-22)20-15-5-1-3-7-17(15)24-18-8-4-2-6-16(18)20;/h1-8,14,19-20H,9-13H2;1H/p-1. The lowest BCUT2D eigenvalue weighted by Gasteiger charge is -2.44. The number of carbonyl (C=O) groups excluding carboxylic acids is 1. The second kappa shape index (κ2) is 6.93. The van der Waals surface area contributed by atoms with Gasteiger partial charge in [0.1, 0.15) is 23.5 Å². The number of rotatable bonds is 2. The van der Waals surface area contributed by atoms with Gasteiger partial charge in [-0.15, -0.1) is 0 Å². The van der Waals surface area contributed by atoms with Gasteiger partial charge in [-0.3, -0.25) is 9.69 Å². The fourth-order valence-corrected chi connectivity index (χ4v) is 4.43. The normalized spacial score (nSPS) is 26.1. The van der Waals surface area contributed by atoms with E-state index in [1.54, 1.807) is 0 Å². The van der Waals surface area contributed by atoms with Crippen molar-refractivity contribution in [3.05, 3.63) is 59.7 Å². The molecule has 0 amide bonds. The number of hydrogen-bond acceptors (Lipinski definition) is 4. The van der Waals surface area contributed by atoms with E-state index in [2.05, 4.69) is 4.90 Å². The molecule has 4 aliphatic rings. The zero-order valence-corrected chi connectivity index (χ0v) is 15.2. The van der Waals surface area contributed by atoms with Crippen LogP contribution >= 0.6 is 0 Å². The zero-order valence-electron chi connectivity index (χ0n) is 14.4. The van der Waals surface area contributed by atoms with Crippen LogP contribution in [0.3, 0.4) is 0 Å². The van der Waals surface area contributed by atoms with E-state index in [4.69, 9.17) is 9.47 Å². The van der Waals surface area contributed by atoms with E-state index in [1.165, 1.54) is 0 Å². The van der Waals surface area contributed by atoms with Crippen LogP contribution in [-0.2, 0) is 9.53 Å². The molecule has 4 nitrogen and oxygen atoms in total. The highest BCUT2D eigenvalue weighted by atomic mass is 35.5. The summed E-state index contributed by atoms with van der Waals surface area (Å²) in [5.74, 6) is 1.45. The minimum Gasteiger partial charge on any atom is -1.00 e. The molecule has 4 heterocycles. The molecule has 1 unspecified atom stereocenters. The molecule has 0 aliphatic carbocycles. The van der Waals surface area contributed by atoms with E-state index in [1.807, 2.05) is 48.5 Å². The summed E-state index contributed by atoms with van der Waals surface area (Å²) >= 11 is 0. The summed E-state index contributed by atoms with van der Waals surface area (Å²) in [6, 6.07) is 15.5. The summed E-state index contributed by atoms with van der Waals surface area (Å²) in [4.78, 5) is 15.6. The van der Waals surface area contributed by atoms with Gasteiger partial charge < -0.3 is 21.9 Å². The van der Waals surface area contributed by atoms with Crippen LogP contribution in [-0.4, -0.2) is 36.6 Å². The van der Waals surface area contributed by atoms with Crippen LogP contribution in [0.5, 0.6) is 11.5 Å². The first-order valence-corrected chi connectivity index (χ1v) is 9.08. The van der Waals surface area contributed by atoms with Crippen LogP contribution < -0.4 is 17.1 Å². The lowest BCUT2D eigenvalue weighted by atomic mass is 9.85. The topological polar surface area (TPSA) is 38.8 Å². The van der Waals surface area contributed by atoms with Gasteiger partial charge in [-0.2, -0.15) is 0 Å². The van der Waals surface area contributed by atoms with Crippen LogP contribution in [0, 0.1) is 5.92 Å². The number of carbonyl (C=O) groups is 1. The first kappa shape index (κ1) is 17.4. The van der Waals surface area contributed by atoms with Gasteiger partial charge in [-0.25, -0.2) is 0 Å². The summed E-state index contributed by atoms with van der Waals surface area (Å²) in [7, 11) is 0. The van der Waals surface area contributed by atoms with Gasteiger partial charge in [-0.05, 0) is 44.0 Å². The molecule has 6 rings (SSSR count). The molecular formula is C21H21ClNO3-. The maximum atomic E-state index is 13.2. The molecule has 0 N–H and O–H groups in total. The predicted molar refractivity (Wildman–Crippen MR) is 93.8 cm³/mol. The molecule has 0 saturated carbocycles. The summed E-state index contributed by atoms with van der Waals surface area (Å²) in [5, 5.41) is 0. The van der Waals surface area contributed by atoms with E-state index < -0.39 is 5.92 Å². The van der Waals surface area contributed by atoms with Crippen molar-refractivity contribution < 1.29 is 26.7 Å². The number of piperidine rings is 3. The molecule has 5 heteroatoms. The quantitative estimate of drug-likeness (QED) is 0.724. The molecule has 4 aliphatic heterocycles. The number of esters is 1. The third kappa shape index (κ3) is 2.87. The molecule has 26 heavy (non-hydrogen) atoms. The van der Waals surface area contributed by atoms with Crippen molar-refractivity contribution in [3.63, 3.8) is 0 Å². The number of fused-ring (bicyclic) bond motifs is 5. The Hall–Kier alpha value is -2.04. The van der Waals surface area contributed by atoms with Gasteiger partial charge in [0.15, 0.2) is 0 Å². The Kier molecular flexibility index (Phi) is 4.63. The van der Waals surface area contributed by atoms with Gasteiger partial charge in [0.2, 0.25) is 0 Å². The van der Waals surface area contributed by atoms with Gasteiger partial charge >= 0.3 is 5.97 Å². The second-order valence-corrected chi connectivity index (χ2v) is 7.22. The lowest BCUT2D eigenvalue weighted by molar-refractivity contribution is -0.159. The molecule has 0 radical (unpaired) electrons. The van der Waals surface area contributed by atoms with E-state index in [9.17, 15) is 4.79 Å². The highest BCUT2D eigenvalue weighted by molar-refractivity contribution is 5.85. The van der Waals surface area contributed by atoms with Gasteiger partial charge in [0.25, 0.3) is 0 Å². The monoisotopic (exact) mass is 370 g/mol. The van der Waals surface area contributed by atoms with E-state index in [0.717, 1.165) is 55.1 Å². The van der Waals surface area contributed by atoms with Crippen molar-refractivity contribution >= 4 is 5.97 Å². The summed E-state index contributed by atoms with van der Waals surface area (Å²) in [5.41, 5.74) is 1.79. The zero-order chi connectivity index (χ0) is 16.8. The van der Waals surface area contributed by atoms with Crippen molar-refractivity contribution in [2.45, 2.75) is 24.9 Å². The fraction of sp³-hybridized carbons (Fsp3) is 0.381. The Bertz CT molecular complexity index is 771. The Labute approximate surface area is 159 Å². The van der Waals surface area contributed by atoms with Gasteiger partial charge in [0, 0.05) is 17.7 Å². The Morgan fingerprint density at radius 3 is 2.08 bits per heavy atom. The van der Waals surface area contributed by atoms with Crippen LogP contribution in [0.25, 0.3) is 0 Å². The van der Waals surface area contributed by atoms with E-state index in [0.29, 0.717) is 5.92 Å². The van der Waals surface area contributed by atoms with Crippen LogP contribution in [0.1, 0.15) is 29.9 Å². The highest BCUT2D eigenvalue weighted by Crippen LogP contribution is 2.45. The molecule has 136 valence electrons. The number of para-hydroxylation sites is 2. The Morgan fingerprint density at radius 2 is 1.54 bits per heavy atom. The van der Waals surface area contributed by atoms with Gasteiger partial charge in [-0.1, -0.05) is 36.4 Å². The maximum absolute atomic E-state index is 13.2. The number of nitrogens with zero attached hydrogens (tertiary/aromatic N) is 1. The maximum Gasteiger partial charge on any atom is 0.318 e. The first-order chi connectivity index (χ1) is 12.3. The SMILES string of the molecule is O=C(OC1CN2CCC1CC2)C1c2ccccc2Oc2ccccc21.[Cl-]. The molecule has 3 saturated heterocycles. The number of hydrogen-bond donors (Lipinski definition) is 0. The van der Waals surface area contributed by atoms with Crippen molar-refractivity contribution in [1.82, 2.24) is 4.90 Å². The predicted octanol–water partition coefficient (Wildman–Crippen LogP) is 0.566. The third-order valence-electron chi connectivity index (χ3n) is 5.78. The molecule has 2 aromatic carbocycles. The van der Waals surface area contributed by atoms with Crippen LogP contribution in [0.4, 0.5) is 0 Å². The number of benzene rings is 2. The minimum atomic E-state index is -0.406. The van der Waals surface area contributed by atoms with Crippen LogP contribution in [0.15, 0.2) is 48.5 Å². The Morgan fingerprint density at radius 1 is 0.962 bits per heavy atom. The summed E-state index contributed by atoms with van der Waals surface area (Å²) in [6.07, 6.45) is 2.30. The largest absolute Gasteiger partial charge is 1.00 e. The summed E-state index contributed by atoms with van der Waals surface area (Å²) in [6.45, 7) is 3.16. The second-order valence-electron chi connectivity index (χ2n) is 7.22. The molecule has 2 bridgehead atoms. The number of ether oxygens (including phenoxy) is 2. The minimum absolute atomic E-state index is 0. The fourth-order valence-electron chi connectivity index (χ4n) is 4.43. The summed E-state index contributed by atoms with van der Waals surface area (Å²) < 4.78 is 12.0. The average molecular weight is 371 g/mol. The third-order valence-corrected chi connectivity index (χ3v) is 5.78. The van der Waals surface area contributed by atoms with Crippen molar-refractivity contribution in [1.29, 1.82) is 0 Å².